The largest absolute Gasteiger partial charge is 0.403 e. The first kappa shape index (κ1) is 42.4. The molecule has 0 aromatic heterocycles. The highest BCUT2D eigenvalue weighted by Crippen LogP contribution is 2.31. The van der Waals surface area contributed by atoms with Crippen molar-refractivity contribution in [1.82, 2.24) is 16.0 Å². The van der Waals surface area contributed by atoms with Crippen LogP contribution in [0.25, 0.3) is 0 Å². The minimum Gasteiger partial charge on any atom is -0.403 e. The van der Waals surface area contributed by atoms with E-state index < -0.39 is 47.7 Å². The number of rotatable bonds is 10. The van der Waals surface area contributed by atoms with Gasteiger partial charge in [-0.2, -0.15) is 0 Å². The maximum atomic E-state index is 14.2. The topological polar surface area (TPSA) is 208 Å². The summed E-state index contributed by atoms with van der Waals surface area (Å²) in [5, 5.41) is 8.19. The second kappa shape index (κ2) is 21.5. The van der Waals surface area contributed by atoms with Crippen LogP contribution in [0.1, 0.15) is 111 Å². The first-order chi connectivity index (χ1) is 26.4. The van der Waals surface area contributed by atoms with Crippen LogP contribution < -0.4 is 27.4 Å². The average Bonchev–Trinajstić information content (AvgIpc) is 3.17. The Balaban J connectivity index is 1.62. The van der Waals surface area contributed by atoms with Gasteiger partial charge in [-0.1, -0.05) is 106 Å². The Bertz CT molecular complexity index is 1720. The van der Waals surface area contributed by atoms with Gasteiger partial charge >= 0.3 is 0 Å². The van der Waals surface area contributed by atoms with Crippen LogP contribution in [0.4, 0.5) is 0 Å². The number of carbonyl (C=O) groups excluding carboxylic acids is 7. The molecule has 0 bridgehead atoms. The lowest BCUT2D eigenvalue weighted by molar-refractivity contribution is -0.134. The second-order valence-electron chi connectivity index (χ2n) is 14.9. The quantitative estimate of drug-likeness (QED) is 0.221. The lowest BCUT2D eigenvalue weighted by Gasteiger charge is -2.28. The molecule has 4 amide bonds. The van der Waals surface area contributed by atoms with Crippen molar-refractivity contribution < 1.29 is 33.6 Å². The molecule has 1 saturated carbocycles. The number of allylic oxidation sites excluding steroid dienone is 1. The number of carbonyl (C=O) groups is 7. The van der Waals surface area contributed by atoms with E-state index in [4.69, 9.17) is 11.5 Å². The Morgan fingerprint density at radius 1 is 0.691 bits per heavy atom. The third-order valence-electron chi connectivity index (χ3n) is 10.5. The molecule has 4 atom stereocenters. The second-order valence-corrected chi connectivity index (χ2v) is 14.9. The van der Waals surface area contributed by atoms with Crippen LogP contribution in [0.3, 0.4) is 0 Å². The molecule has 12 nitrogen and oxygen atoms in total. The van der Waals surface area contributed by atoms with Gasteiger partial charge in [-0.25, -0.2) is 0 Å². The third kappa shape index (κ3) is 14.1. The van der Waals surface area contributed by atoms with Crippen LogP contribution in [0.15, 0.2) is 79.0 Å². The van der Waals surface area contributed by atoms with Gasteiger partial charge in [0.1, 0.15) is 6.04 Å². The van der Waals surface area contributed by atoms with Crippen LogP contribution in [0.5, 0.6) is 0 Å². The van der Waals surface area contributed by atoms with E-state index >= 15 is 0 Å². The van der Waals surface area contributed by atoms with Gasteiger partial charge in [-0.3, -0.25) is 33.6 Å². The maximum Gasteiger partial charge on any atom is 0.244 e. The molecule has 0 spiro atoms. The van der Waals surface area contributed by atoms with Crippen molar-refractivity contribution in [3.05, 3.63) is 95.7 Å². The summed E-state index contributed by atoms with van der Waals surface area (Å²) in [7, 11) is 0. The zero-order chi connectivity index (χ0) is 39.7. The molecule has 4 rings (SSSR count). The van der Waals surface area contributed by atoms with Crippen LogP contribution in [-0.4, -0.2) is 59.1 Å². The van der Waals surface area contributed by atoms with E-state index in [-0.39, 0.29) is 61.8 Å². The summed E-state index contributed by atoms with van der Waals surface area (Å²) in [6.07, 6.45) is 9.71. The van der Waals surface area contributed by atoms with Gasteiger partial charge in [-0.05, 0) is 50.0 Å². The van der Waals surface area contributed by atoms with E-state index in [9.17, 15) is 33.6 Å². The number of Topliss-reactive ketones (excluding diaryl/α,β-unsaturated/α-hetero) is 2. The summed E-state index contributed by atoms with van der Waals surface area (Å²) >= 11 is 0. The average molecular weight is 754 g/mol. The molecule has 55 heavy (non-hydrogen) atoms. The lowest BCUT2D eigenvalue weighted by atomic mass is 9.80. The molecule has 1 aliphatic carbocycles. The van der Waals surface area contributed by atoms with Gasteiger partial charge in [0.2, 0.25) is 23.6 Å². The fourth-order valence-electron chi connectivity index (χ4n) is 7.33. The molecule has 1 heterocycles. The molecular formula is C43H55N5O7. The van der Waals surface area contributed by atoms with E-state index in [0.717, 1.165) is 49.8 Å². The van der Waals surface area contributed by atoms with Gasteiger partial charge in [0.15, 0.2) is 17.3 Å². The van der Waals surface area contributed by atoms with E-state index in [2.05, 4.69) is 22.5 Å². The van der Waals surface area contributed by atoms with Crippen molar-refractivity contribution in [2.75, 3.05) is 0 Å². The zero-order valence-corrected chi connectivity index (χ0v) is 31.6. The number of primary amides is 1. The maximum absolute atomic E-state index is 14.2. The fourth-order valence-corrected chi connectivity index (χ4v) is 7.33. The Kier molecular flexibility index (Phi) is 16.5. The minimum absolute atomic E-state index is 0.130. The Morgan fingerprint density at radius 2 is 1.31 bits per heavy atom. The first-order valence-corrected chi connectivity index (χ1v) is 19.5. The molecule has 2 aliphatic rings. The van der Waals surface area contributed by atoms with Crippen molar-refractivity contribution in [3.8, 4) is 0 Å². The highest BCUT2D eigenvalue weighted by atomic mass is 16.2. The number of hydrogen-bond acceptors (Lipinski definition) is 8. The highest BCUT2D eigenvalue weighted by molar-refractivity contribution is 6.09. The van der Waals surface area contributed by atoms with Gasteiger partial charge in [0.25, 0.3) is 0 Å². The number of hydrogen-bond donors (Lipinski definition) is 5. The molecule has 1 fully saturated rings. The molecule has 12 heteroatoms. The predicted octanol–water partition coefficient (Wildman–Crippen LogP) is 4.29. The number of benzene rings is 2. The summed E-state index contributed by atoms with van der Waals surface area (Å²) in [4.78, 5) is 92.7. The van der Waals surface area contributed by atoms with Crippen LogP contribution >= 0.6 is 0 Å². The van der Waals surface area contributed by atoms with Crippen LogP contribution in [0.2, 0.25) is 0 Å². The van der Waals surface area contributed by atoms with Gasteiger partial charge in [-0.15, -0.1) is 0 Å². The normalized spacial score (nSPS) is 23.5. The monoisotopic (exact) mass is 753 g/mol. The van der Waals surface area contributed by atoms with Gasteiger partial charge in [0.05, 0.1) is 12.1 Å². The summed E-state index contributed by atoms with van der Waals surface area (Å²) in [6, 6.07) is 13.0. The smallest absolute Gasteiger partial charge is 0.244 e. The summed E-state index contributed by atoms with van der Waals surface area (Å²) in [5.41, 5.74) is 13.5. The van der Waals surface area contributed by atoms with E-state index in [1.165, 1.54) is 0 Å². The zero-order valence-electron chi connectivity index (χ0n) is 31.6. The summed E-state index contributed by atoms with van der Waals surface area (Å²) < 4.78 is 0. The van der Waals surface area contributed by atoms with E-state index in [1.54, 1.807) is 48.5 Å². The van der Waals surface area contributed by atoms with Gasteiger partial charge < -0.3 is 27.4 Å². The molecule has 2 aromatic rings. The molecular weight excluding hydrogens is 699 g/mol. The Morgan fingerprint density at radius 3 is 1.96 bits per heavy atom. The van der Waals surface area contributed by atoms with Gasteiger partial charge in [0, 0.05) is 47.7 Å². The predicted molar refractivity (Wildman–Crippen MR) is 209 cm³/mol. The van der Waals surface area contributed by atoms with E-state index in [0.29, 0.717) is 42.5 Å². The molecule has 0 radical (unpaired) electrons. The van der Waals surface area contributed by atoms with Crippen LogP contribution in [-0.2, 0) is 35.2 Å². The Labute approximate surface area is 323 Å². The van der Waals surface area contributed by atoms with Crippen molar-refractivity contribution in [3.63, 3.8) is 0 Å². The molecule has 2 aromatic carbocycles. The first-order valence-electron chi connectivity index (χ1n) is 19.5. The summed E-state index contributed by atoms with van der Waals surface area (Å²) in [6.45, 7) is 3.71. The number of nitrogens with one attached hydrogen (secondary N) is 3. The fraction of sp³-hybridized carbons (Fsp3) is 0.465. The molecule has 7 N–H and O–H groups in total. The lowest BCUT2D eigenvalue weighted by Crippen LogP contribution is -2.47. The minimum atomic E-state index is -1.03. The number of nitrogens with two attached hydrogens (primary N) is 2. The molecule has 1 unspecified atom stereocenters. The van der Waals surface area contributed by atoms with E-state index in [1.807, 2.05) is 6.07 Å². The standard InChI is InChI=1S/C43H55N5O7/c1-28(44)17-22-34-38(50)27-33(25-29-11-5-2-6-12-29)43(55)48-36(26-30-18-20-32(21-19-30)41(53)31-13-7-3-8-14-31)37(49)16-10-4-9-15-35(42(45)54)47-40(52)24-23-39(51)46-34/h3,7-8,13-14,18-21,23-24,29,33-36H,1-2,4-6,9-12,15-17,22,25-27,44H2,(H2,45,54)(H,46,51)(H,47,52)(H,48,55)/b24-23-/t33-,34+,35-,36?/m1/s1. The van der Waals surface area contributed by atoms with Crippen molar-refractivity contribution >= 4 is 41.0 Å². The molecule has 1 aliphatic heterocycles. The SMILES string of the molecule is C=C(N)CC[C@@H]1NC(=O)/C=C\C(=O)N[C@@H](C(N)=O)CCCCCC(=O)C(Cc2ccc(C(=O)c3ccccc3)cc2)NC(=O)[C@H](CC2CCCCC2)CC1=O. The Hall–Kier alpha value is -5.39. The van der Waals surface area contributed by atoms with Crippen LogP contribution in [0, 0.1) is 11.8 Å². The number of ketones is 3. The third-order valence-corrected chi connectivity index (χ3v) is 10.5. The van der Waals surface area contributed by atoms with Crippen molar-refractivity contribution in [1.29, 1.82) is 0 Å². The highest BCUT2D eigenvalue weighted by Gasteiger charge is 2.32. The number of amides is 4. The molecule has 0 saturated heterocycles. The summed E-state index contributed by atoms with van der Waals surface area (Å²) in [5.74, 6) is -3.78. The van der Waals surface area contributed by atoms with Crippen molar-refractivity contribution in [2.45, 2.75) is 114 Å². The molecule has 294 valence electrons. The van der Waals surface area contributed by atoms with Crippen molar-refractivity contribution in [2.24, 2.45) is 23.3 Å².